The molecule has 39 heavy (non-hydrogen) atoms. The molecule has 1 aliphatic heterocycles. The summed E-state index contributed by atoms with van der Waals surface area (Å²) in [7, 11) is 0. The zero-order valence-electron chi connectivity index (χ0n) is 21.0. The molecule has 2 aliphatic rings. The summed E-state index contributed by atoms with van der Waals surface area (Å²) >= 11 is 0. The molecule has 0 radical (unpaired) electrons. The first-order valence-electron chi connectivity index (χ1n) is 12.7. The molecule has 2 aromatic heterocycles. The number of aromatic amines is 2. The van der Waals surface area contributed by atoms with Crippen LogP contribution in [0.4, 0.5) is 0 Å². The van der Waals surface area contributed by atoms with Gasteiger partial charge in [-0.1, -0.05) is 60.7 Å². The fraction of sp³-hybridized carbons (Fsp3) is 0.125. The van der Waals surface area contributed by atoms with Gasteiger partial charge in [-0.15, -0.1) is 0 Å². The summed E-state index contributed by atoms with van der Waals surface area (Å²) in [5.74, 6) is -1.34. The molecule has 1 aliphatic carbocycles. The predicted molar refractivity (Wildman–Crippen MR) is 147 cm³/mol. The molecule has 2 unspecified atom stereocenters. The number of aliphatic hydroxyl groups is 1. The largest absolute Gasteiger partial charge is 0.511 e. The van der Waals surface area contributed by atoms with Gasteiger partial charge in [0.1, 0.15) is 5.76 Å². The van der Waals surface area contributed by atoms with Crippen molar-refractivity contribution in [1.82, 2.24) is 9.97 Å². The fourth-order valence-corrected chi connectivity index (χ4v) is 6.26. The minimum Gasteiger partial charge on any atom is -0.511 e. The summed E-state index contributed by atoms with van der Waals surface area (Å²) in [6.45, 7) is 1.96. The van der Waals surface area contributed by atoms with E-state index in [2.05, 4.69) is 9.97 Å². The number of rotatable bonds is 4. The monoisotopic (exact) mass is 516 g/mol. The van der Waals surface area contributed by atoms with Crippen LogP contribution in [-0.2, 0) is 15.8 Å². The maximum absolute atomic E-state index is 13.5. The van der Waals surface area contributed by atoms with E-state index >= 15 is 0 Å². The number of para-hydroxylation sites is 2. The van der Waals surface area contributed by atoms with Crippen molar-refractivity contribution in [3.63, 3.8) is 0 Å². The quantitative estimate of drug-likeness (QED) is 0.204. The number of nitrogens with one attached hydrogen (secondary N) is 2. The van der Waals surface area contributed by atoms with Crippen LogP contribution in [0.15, 0.2) is 96.9 Å². The molecule has 0 fully saturated rings. The van der Waals surface area contributed by atoms with Gasteiger partial charge in [0.15, 0.2) is 5.60 Å². The average molecular weight is 517 g/mol. The molecule has 3 aromatic carbocycles. The second-order valence-electron chi connectivity index (χ2n) is 10.3. The van der Waals surface area contributed by atoms with Gasteiger partial charge in [0.2, 0.25) is 0 Å². The van der Waals surface area contributed by atoms with Crippen LogP contribution in [0.3, 0.4) is 0 Å². The summed E-state index contributed by atoms with van der Waals surface area (Å²) in [6.07, 6.45) is 7.77. The number of carbonyl (C=O) groups is 2. The van der Waals surface area contributed by atoms with E-state index in [4.69, 9.17) is 4.74 Å². The Labute approximate surface area is 223 Å². The van der Waals surface area contributed by atoms with Gasteiger partial charge in [-0.3, -0.25) is 0 Å². The van der Waals surface area contributed by atoms with Gasteiger partial charge in [0.25, 0.3) is 0 Å². The van der Waals surface area contributed by atoms with E-state index in [1.807, 2.05) is 61.5 Å². The van der Waals surface area contributed by atoms with Crippen molar-refractivity contribution in [3.8, 4) is 0 Å². The molecule has 7 nitrogen and oxygen atoms in total. The third-order valence-electron chi connectivity index (χ3n) is 8.19. The maximum atomic E-state index is 13.5. The normalized spacial score (nSPS) is 22.2. The average Bonchev–Trinajstić information content (AvgIpc) is 3.63. The highest BCUT2D eigenvalue weighted by atomic mass is 16.6. The Balaban J connectivity index is 1.66. The van der Waals surface area contributed by atoms with Crippen molar-refractivity contribution < 1.29 is 24.5 Å². The van der Waals surface area contributed by atoms with Crippen LogP contribution in [0.5, 0.6) is 0 Å². The van der Waals surface area contributed by atoms with Gasteiger partial charge in [0, 0.05) is 44.9 Å². The third-order valence-corrected chi connectivity index (χ3v) is 8.19. The molecule has 2 atom stereocenters. The van der Waals surface area contributed by atoms with Gasteiger partial charge in [-0.25, -0.2) is 9.59 Å². The lowest BCUT2D eigenvalue weighted by molar-refractivity contribution is 0.0254. The fourth-order valence-electron chi connectivity index (χ4n) is 6.26. The Bertz CT molecular complexity index is 1910. The summed E-state index contributed by atoms with van der Waals surface area (Å²) in [4.78, 5) is 32.3. The lowest BCUT2D eigenvalue weighted by Crippen LogP contribution is -2.35. The van der Waals surface area contributed by atoms with Crippen LogP contribution >= 0.6 is 0 Å². The first-order chi connectivity index (χ1) is 18.9. The van der Waals surface area contributed by atoms with Crippen molar-refractivity contribution in [1.29, 1.82) is 0 Å². The molecular weight excluding hydrogens is 492 g/mol. The number of aromatic nitrogens is 2. The van der Waals surface area contributed by atoms with Crippen LogP contribution in [0, 0.1) is 0 Å². The Kier molecular flexibility index (Phi) is 4.73. The molecule has 0 saturated carbocycles. The van der Waals surface area contributed by atoms with Crippen molar-refractivity contribution in [2.45, 2.75) is 24.4 Å². The van der Waals surface area contributed by atoms with Crippen LogP contribution in [0.25, 0.3) is 21.8 Å². The topological polar surface area (TPSA) is 115 Å². The number of carboxylic acids is 1. The third kappa shape index (κ3) is 2.98. The second-order valence-corrected chi connectivity index (χ2v) is 10.3. The Hall–Kier alpha value is -5.04. The van der Waals surface area contributed by atoms with Crippen LogP contribution in [0.2, 0.25) is 0 Å². The first kappa shape index (κ1) is 23.1. The predicted octanol–water partition coefficient (Wildman–Crippen LogP) is 6.47. The zero-order chi connectivity index (χ0) is 26.9. The summed E-state index contributed by atoms with van der Waals surface area (Å²) < 4.78 is 6.49. The van der Waals surface area contributed by atoms with Gasteiger partial charge in [0.05, 0.1) is 22.1 Å². The van der Waals surface area contributed by atoms with E-state index in [9.17, 15) is 19.8 Å². The molecule has 4 N–H and O–H groups in total. The van der Waals surface area contributed by atoms with Crippen molar-refractivity contribution in [2.24, 2.45) is 0 Å². The number of esters is 1. The molecule has 0 spiro atoms. The number of aliphatic hydroxyl groups excluding tert-OH is 1. The molecule has 7 heteroatoms. The second kappa shape index (κ2) is 7.98. The molecule has 0 amide bonds. The SMILES string of the molecule is CC1(c2[nH]c3ccccc3c2C2(c3c[nH]c4c(C(=O)O)cccc34)OC(=O)c3ccccc32)CC=CC=C1O. The maximum Gasteiger partial charge on any atom is 0.340 e. The van der Waals surface area contributed by atoms with Crippen molar-refractivity contribution in [3.05, 3.63) is 130 Å². The van der Waals surface area contributed by atoms with Gasteiger partial charge < -0.3 is 24.9 Å². The molecule has 5 aromatic rings. The summed E-state index contributed by atoms with van der Waals surface area (Å²) in [5, 5.41) is 22.6. The number of aromatic carboxylic acids is 1. The zero-order valence-corrected chi connectivity index (χ0v) is 21.0. The van der Waals surface area contributed by atoms with Gasteiger partial charge >= 0.3 is 11.9 Å². The number of hydrogen-bond donors (Lipinski definition) is 4. The van der Waals surface area contributed by atoms with E-state index in [0.717, 1.165) is 16.6 Å². The van der Waals surface area contributed by atoms with Crippen LogP contribution in [-0.4, -0.2) is 32.1 Å². The highest BCUT2D eigenvalue weighted by molar-refractivity contribution is 6.05. The highest BCUT2D eigenvalue weighted by Gasteiger charge is 2.54. The van der Waals surface area contributed by atoms with E-state index in [0.29, 0.717) is 39.6 Å². The van der Waals surface area contributed by atoms with Crippen LogP contribution in [0.1, 0.15) is 56.4 Å². The standard InChI is InChI=1S/C32H24N2O5/c1-31(16-7-6-15-25(31)35)28-26(20-10-3-5-14-24(20)34-28)32(22-13-4-2-9-19(22)30(38)39-32)23-17-33-27-18(23)11-8-12-21(27)29(36)37/h2-15,17,33-35H,16H2,1H3,(H,36,37). The van der Waals surface area contributed by atoms with Crippen molar-refractivity contribution in [2.75, 3.05) is 0 Å². The minimum atomic E-state index is -1.43. The number of cyclic esters (lactones) is 1. The molecule has 192 valence electrons. The lowest BCUT2D eigenvalue weighted by atomic mass is 9.71. The number of carboxylic acid groups (broad SMARTS) is 1. The Morgan fingerprint density at radius 3 is 2.56 bits per heavy atom. The lowest BCUT2D eigenvalue weighted by Gasteiger charge is -2.36. The van der Waals surface area contributed by atoms with E-state index in [1.165, 1.54) is 0 Å². The molecular formula is C32H24N2O5. The summed E-state index contributed by atoms with van der Waals surface area (Å²) in [5.41, 5.74) is 2.25. The number of hydrogen-bond acceptors (Lipinski definition) is 4. The van der Waals surface area contributed by atoms with Gasteiger partial charge in [-0.2, -0.15) is 0 Å². The number of ether oxygens (including phenoxy) is 1. The highest BCUT2D eigenvalue weighted by Crippen LogP contribution is 2.55. The minimum absolute atomic E-state index is 0.121. The smallest absolute Gasteiger partial charge is 0.340 e. The van der Waals surface area contributed by atoms with E-state index in [-0.39, 0.29) is 11.3 Å². The molecule has 0 bridgehead atoms. The van der Waals surface area contributed by atoms with E-state index < -0.39 is 23.0 Å². The number of fused-ring (bicyclic) bond motifs is 3. The number of benzene rings is 3. The Morgan fingerprint density at radius 2 is 1.74 bits per heavy atom. The number of allylic oxidation sites excluding steroid dienone is 4. The number of H-pyrrole nitrogens is 2. The first-order valence-corrected chi connectivity index (χ1v) is 12.7. The number of carbonyl (C=O) groups excluding carboxylic acids is 1. The van der Waals surface area contributed by atoms with E-state index in [1.54, 1.807) is 36.5 Å². The summed E-state index contributed by atoms with van der Waals surface area (Å²) in [6, 6.07) is 20.1. The Morgan fingerprint density at radius 1 is 0.974 bits per heavy atom. The van der Waals surface area contributed by atoms with Crippen molar-refractivity contribution >= 4 is 33.7 Å². The van der Waals surface area contributed by atoms with Gasteiger partial charge in [-0.05, 0) is 37.6 Å². The molecule has 0 saturated heterocycles. The van der Waals surface area contributed by atoms with Crippen LogP contribution < -0.4 is 0 Å². The molecule has 7 rings (SSSR count). The molecule has 3 heterocycles.